The summed E-state index contributed by atoms with van der Waals surface area (Å²) in [5.74, 6) is -1.74. The van der Waals surface area contributed by atoms with Crippen LogP contribution in [0.15, 0.2) is 18.2 Å². The Morgan fingerprint density at radius 1 is 0.955 bits per heavy atom. The molecule has 4 amide bonds. The lowest BCUT2D eigenvalue weighted by Gasteiger charge is -2.08. The summed E-state index contributed by atoms with van der Waals surface area (Å²) in [6, 6.07) is 4.38. The molecular formula is C14H14N2O6. The number of imide groups is 2. The molecule has 0 atom stereocenters. The first-order chi connectivity index (χ1) is 10.5. The van der Waals surface area contributed by atoms with Gasteiger partial charge in [0.2, 0.25) is 24.6 Å². The van der Waals surface area contributed by atoms with Crippen LogP contribution >= 0.6 is 0 Å². The third kappa shape index (κ3) is 5.16. The number of methoxy groups -OCH3 is 1. The fourth-order valence-electron chi connectivity index (χ4n) is 1.81. The van der Waals surface area contributed by atoms with Crippen LogP contribution in [0.5, 0.6) is 0 Å². The lowest BCUT2D eigenvalue weighted by molar-refractivity contribution is -0.126. The smallest absolute Gasteiger partial charge is 0.337 e. The molecule has 0 fully saturated rings. The first kappa shape index (κ1) is 17.0. The zero-order chi connectivity index (χ0) is 16.5. The molecule has 0 aliphatic carbocycles. The van der Waals surface area contributed by atoms with E-state index in [2.05, 4.69) is 4.74 Å². The molecule has 2 N–H and O–H groups in total. The fraction of sp³-hybridized carbons (Fsp3) is 0.214. The van der Waals surface area contributed by atoms with Crippen LogP contribution in [0.4, 0.5) is 0 Å². The van der Waals surface area contributed by atoms with Crippen LogP contribution in [0, 0.1) is 0 Å². The summed E-state index contributed by atoms with van der Waals surface area (Å²) in [5.41, 5.74) is 1.01. The standard InChI is InChI=1S/C14H14N2O6/c1-22-14(21)11-3-9(5-12(19)15-7-17)2-10(4-11)6-13(20)16-8-18/h2-4,7-8H,5-6H2,1H3,(H,15,17,19)(H,16,18,20). The van der Waals surface area contributed by atoms with Crippen molar-refractivity contribution in [2.45, 2.75) is 12.8 Å². The number of rotatable bonds is 7. The summed E-state index contributed by atoms with van der Waals surface area (Å²) in [6.45, 7) is 0. The van der Waals surface area contributed by atoms with Gasteiger partial charge in [-0.25, -0.2) is 4.79 Å². The summed E-state index contributed by atoms with van der Waals surface area (Å²) in [7, 11) is 1.20. The van der Waals surface area contributed by atoms with E-state index in [4.69, 9.17) is 0 Å². The Kier molecular flexibility index (Phi) is 6.42. The Morgan fingerprint density at radius 2 is 1.41 bits per heavy atom. The molecule has 22 heavy (non-hydrogen) atoms. The molecule has 116 valence electrons. The van der Waals surface area contributed by atoms with Gasteiger partial charge in [-0.1, -0.05) is 6.07 Å². The summed E-state index contributed by atoms with van der Waals surface area (Å²) < 4.78 is 4.60. The van der Waals surface area contributed by atoms with Crippen LogP contribution in [0.25, 0.3) is 0 Å². The van der Waals surface area contributed by atoms with Crippen molar-refractivity contribution in [2.24, 2.45) is 0 Å². The Labute approximate surface area is 125 Å². The number of amides is 4. The van der Waals surface area contributed by atoms with Crippen molar-refractivity contribution in [1.82, 2.24) is 10.6 Å². The van der Waals surface area contributed by atoms with Crippen LogP contribution in [0.1, 0.15) is 21.5 Å². The minimum Gasteiger partial charge on any atom is -0.465 e. The minimum absolute atomic E-state index is 0.147. The van der Waals surface area contributed by atoms with Crippen molar-refractivity contribution in [3.05, 3.63) is 34.9 Å². The molecule has 0 aromatic heterocycles. The van der Waals surface area contributed by atoms with Crippen molar-refractivity contribution in [2.75, 3.05) is 7.11 Å². The molecule has 0 saturated carbocycles. The van der Waals surface area contributed by atoms with Gasteiger partial charge in [0.15, 0.2) is 0 Å². The Morgan fingerprint density at radius 3 is 1.77 bits per heavy atom. The summed E-state index contributed by atoms with van der Waals surface area (Å²) in [5, 5.41) is 3.95. The van der Waals surface area contributed by atoms with E-state index in [1.54, 1.807) is 0 Å². The molecule has 0 spiro atoms. The van der Waals surface area contributed by atoms with Gasteiger partial charge in [-0.3, -0.25) is 29.8 Å². The highest BCUT2D eigenvalue weighted by Crippen LogP contribution is 2.13. The second-order valence-corrected chi connectivity index (χ2v) is 4.25. The first-order valence-electron chi connectivity index (χ1n) is 6.17. The maximum atomic E-state index is 11.6. The number of esters is 1. The minimum atomic E-state index is -0.630. The highest BCUT2D eigenvalue weighted by atomic mass is 16.5. The summed E-state index contributed by atoms with van der Waals surface area (Å²) >= 11 is 0. The van der Waals surface area contributed by atoms with Crippen molar-refractivity contribution in [3.63, 3.8) is 0 Å². The molecular weight excluding hydrogens is 292 g/mol. The van der Waals surface area contributed by atoms with Gasteiger partial charge in [-0.2, -0.15) is 0 Å². The van der Waals surface area contributed by atoms with E-state index < -0.39 is 17.8 Å². The molecule has 0 bridgehead atoms. The van der Waals surface area contributed by atoms with Crippen LogP contribution < -0.4 is 10.6 Å². The van der Waals surface area contributed by atoms with E-state index in [1.165, 1.54) is 25.3 Å². The van der Waals surface area contributed by atoms with Gasteiger partial charge >= 0.3 is 5.97 Å². The number of ether oxygens (including phenoxy) is 1. The maximum absolute atomic E-state index is 11.6. The first-order valence-corrected chi connectivity index (χ1v) is 6.17. The van der Waals surface area contributed by atoms with Gasteiger partial charge in [-0.05, 0) is 23.3 Å². The third-order valence-corrected chi connectivity index (χ3v) is 2.64. The molecule has 0 aliphatic heterocycles. The summed E-state index contributed by atoms with van der Waals surface area (Å²) in [4.78, 5) is 54.9. The van der Waals surface area contributed by atoms with E-state index in [-0.39, 0.29) is 31.2 Å². The molecule has 0 aliphatic rings. The number of hydrogen-bond donors (Lipinski definition) is 2. The molecule has 8 heteroatoms. The van der Waals surface area contributed by atoms with Crippen LogP contribution in [0.2, 0.25) is 0 Å². The normalized spacial score (nSPS) is 9.50. The largest absolute Gasteiger partial charge is 0.465 e. The third-order valence-electron chi connectivity index (χ3n) is 2.64. The maximum Gasteiger partial charge on any atom is 0.337 e. The van der Waals surface area contributed by atoms with E-state index in [9.17, 15) is 24.0 Å². The molecule has 1 aromatic carbocycles. The van der Waals surface area contributed by atoms with E-state index >= 15 is 0 Å². The lowest BCUT2D eigenvalue weighted by Crippen LogP contribution is -2.24. The van der Waals surface area contributed by atoms with Crippen LogP contribution in [0.3, 0.4) is 0 Å². The number of nitrogens with one attached hydrogen (secondary N) is 2. The van der Waals surface area contributed by atoms with Gasteiger partial charge in [0, 0.05) is 0 Å². The SMILES string of the molecule is COC(=O)c1cc(CC(=O)NC=O)cc(CC(=O)NC=O)c1. The predicted octanol–water partition coefficient (Wildman–Crippen LogP) is -0.897. The highest BCUT2D eigenvalue weighted by molar-refractivity contribution is 5.92. The monoisotopic (exact) mass is 306 g/mol. The second kappa shape index (κ2) is 8.30. The van der Waals surface area contributed by atoms with Crippen LogP contribution in [-0.2, 0) is 36.8 Å². The van der Waals surface area contributed by atoms with E-state index in [0.717, 1.165) is 0 Å². The van der Waals surface area contributed by atoms with E-state index in [1.807, 2.05) is 10.6 Å². The Hall–Kier alpha value is -3.03. The molecule has 8 nitrogen and oxygen atoms in total. The Balaban J connectivity index is 3.06. The van der Waals surface area contributed by atoms with Crippen molar-refractivity contribution < 1.29 is 28.7 Å². The molecule has 1 rings (SSSR count). The number of benzene rings is 1. The average molecular weight is 306 g/mol. The Bertz CT molecular complexity index is 569. The molecule has 0 heterocycles. The van der Waals surface area contributed by atoms with Gasteiger partial charge in [0.05, 0.1) is 25.5 Å². The van der Waals surface area contributed by atoms with Crippen molar-refractivity contribution >= 4 is 30.6 Å². The van der Waals surface area contributed by atoms with Gasteiger partial charge < -0.3 is 4.74 Å². The van der Waals surface area contributed by atoms with Gasteiger partial charge in [0.1, 0.15) is 0 Å². The highest BCUT2D eigenvalue weighted by Gasteiger charge is 2.13. The molecule has 0 unspecified atom stereocenters. The average Bonchev–Trinajstić information content (AvgIpc) is 2.46. The topological polar surface area (TPSA) is 119 Å². The number of carbonyl (C=O) groups is 5. The molecule has 1 aromatic rings. The second-order valence-electron chi connectivity index (χ2n) is 4.25. The number of hydrogen-bond acceptors (Lipinski definition) is 6. The molecule has 0 saturated heterocycles. The van der Waals surface area contributed by atoms with Crippen molar-refractivity contribution in [1.29, 1.82) is 0 Å². The zero-order valence-electron chi connectivity index (χ0n) is 11.8. The zero-order valence-corrected chi connectivity index (χ0v) is 11.8. The number of carbonyl (C=O) groups excluding carboxylic acids is 5. The van der Waals surface area contributed by atoms with Crippen LogP contribution in [-0.4, -0.2) is 37.7 Å². The van der Waals surface area contributed by atoms with E-state index in [0.29, 0.717) is 11.1 Å². The van der Waals surface area contributed by atoms with Gasteiger partial charge in [0.25, 0.3) is 0 Å². The summed E-state index contributed by atoms with van der Waals surface area (Å²) in [6.07, 6.45) is 0.216. The quantitative estimate of drug-likeness (QED) is 0.498. The molecule has 0 radical (unpaired) electrons. The van der Waals surface area contributed by atoms with Crippen molar-refractivity contribution in [3.8, 4) is 0 Å². The lowest BCUT2D eigenvalue weighted by atomic mass is 10.0. The fourth-order valence-corrected chi connectivity index (χ4v) is 1.81. The predicted molar refractivity (Wildman–Crippen MR) is 73.6 cm³/mol. The van der Waals surface area contributed by atoms with Gasteiger partial charge in [-0.15, -0.1) is 0 Å².